The molecule has 0 aliphatic carbocycles. The summed E-state index contributed by atoms with van der Waals surface area (Å²) in [5, 5.41) is 0. The monoisotopic (exact) mass is 264 g/mol. The lowest BCUT2D eigenvalue weighted by Gasteiger charge is -2.24. The van der Waals surface area contributed by atoms with Gasteiger partial charge in [-0.25, -0.2) is 0 Å². The van der Waals surface area contributed by atoms with Gasteiger partial charge in [0.1, 0.15) is 11.9 Å². The lowest BCUT2D eigenvalue weighted by atomic mass is 10.1. The Labute approximate surface area is 113 Å². The number of hydrogen-bond donors (Lipinski definition) is 0. The molecule has 1 aromatic carbocycles. The van der Waals surface area contributed by atoms with Crippen LogP contribution in [0.4, 0.5) is 0 Å². The van der Waals surface area contributed by atoms with Crippen LogP contribution in [0.1, 0.15) is 25.3 Å². The van der Waals surface area contributed by atoms with Gasteiger partial charge in [0, 0.05) is 24.8 Å². The molecule has 0 N–H and O–H groups in total. The van der Waals surface area contributed by atoms with Crippen LogP contribution in [0, 0.1) is 0 Å². The Hall–Kier alpha value is -1.55. The fourth-order valence-corrected chi connectivity index (χ4v) is 2.27. The Kier molecular flexibility index (Phi) is 4.80. The van der Waals surface area contributed by atoms with Crippen molar-refractivity contribution in [3.8, 4) is 11.5 Å². The first kappa shape index (κ1) is 13.9. The van der Waals surface area contributed by atoms with Gasteiger partial charge in [-0.3, -0.25) is 4.79 Å². The predicted octanol–water partition coefficient (Wildman–Crippen LogP) is 2.38. The van der Waals surface area contributed by atoms with E-state index in [0.717, 1.165) is 31.6 Å². The summed E-state index contributed by atoms with van der Waals surface area (Å²) in [5.74, 6) is 1.50. The summed E-state index contributed by atoms with van der Waals surface area (Å²) in [6.45, 7) is 3.05. The zero-order chi connectivity index (χ0) is 13.7. The summed E-state index contributed by atoms with van der Waals surface area (Å²) in [5.41, 5.74) is 0.875. The molecular weight excluding hydrogens is 244 g/mol. The van der Waals surface area contributed by atoms with Crippen LogP contribution < -0.4 is 9.47 Å². The first-order valence-corrected chi connectivity index (χ1v) is 6.60. The second kappa shape index (κ2) is 6.57. The van der Waals surface area contributed by atoms with E-state index in [1.54, 1.807) is 14.0 Å². The van der Waals surface area contributed by atoms with Gasteiger partial charge in [0.05, 0.1) is 20.3 Å². The SMILES string of the molecule is COc1c(CC(C)=O)cccc1OC1CCOCC1. The molecule has 1 aliphatic rings. The summed E-state index contributed by atoms with van der Waals surface area (Å²) in [7, 11) is 1.61. The average Bonchev–Trinajstić information content (AvgIpc) is 2.39. The maximum absolute atomic E-state index is 11.3. The minimum absolute atomic E-state index is 0.113. The molecule has 1 heterocycles. The van der Waals surface area contributed by atoms with Gasteiger partial charge in [-0.05, 0) is 13.0 Å². The van der Waals surface area contributed by atoms with E-state index in [1.807, 2.05) is 18.2 Å². The molecule has 4 nitrogen and oxygen atoms in total. The number of Topliss-reactive ketones (excluding diaryl/α,β-unsaturated/α-hetero) is 1. The van der Waals surface area contributed by atoms with Gasteiger partial charge in [0.15, 0.2) is 11.5 Å². The summed E-state index contributed by atoms with van der Waals surface area (Å²) >= 11 is 0. The highest BCUT2D eigenvalue weighted by Gasteiger charge is 2.18. The second-order valence-corrected chi connectivity index (χ2v) is 4.76. The molecule has 0 spiro atoms. The van der Waals surface area contributed by atoms with Crippen molar-refractivity contribution in [3.63, 3.8) is 0 Å². The van der Waals surface area contributed by atoms with Crippen molar-refractivity contribution in [2.24, 2.45) is 0 Å². The van der Waals surface area contributed by atoms with Crippen LogP contribution in [-0.2, 0) is 16.0 Å². The molecule has 0 amide bonds. The molecule has 1 aromatic rings. The van der Waals surface area contributed by atoms with E-state index in [-0.39, 0.29) is 11.9 Å². The lowest BCUT2D eigenvalue weighted by Crippen LogP contribution is -2.26. The maximum atomic E-state index is 11.3. The Balaban J connectivity index is 2.16. The fraction of sp³-hybridized carbons (Fsp3) is 0.533. The van der Waals surface area contributed by atoms with Gasteiger partial charge in [-0.15, -0.1) is 0 Å². The minimum Gasteiger partial charge on any atom is -0.493 e. The number of carbonyl (C=O) groups is 1. The Morgan fingerprint density at radius 2 is 2.11 bits per heavy atom. The van der Waals surface area contributed by atoms with Crippen molar-refractivity contribution < 1.29 is 19.0 Å². The summed E-state index contributed by atoms with van der Waals surface area (Å²) < 4.78 is 16.7. The highest BCUT2D eigenvalue weighted by molar-refractivity contribution is 5.79. The summed E-state index contributed by atoms with van der Waals surface area (Å²) in [6.07, 6.45) is 2.31. The molecule has 0 aromatic heterocycles. The first-order valence-electron chi connectivity index (χ1n) is 6.60. The molecule has 2 rings (SSSR count). The molecule has 19 heavy (non-hydrogen) atoms. The predicted molar refractivity (Wildman–Crippen MR) is 71.8 cm³/mol. The first-order chi connectivity index (χ1) is 9.20. The van der Waals surface area contributed by atoms with Crippen molar-refractivity contribution in [3.05, 3.63) is 23.8 Å². The van der Waals surface area contributed by atoms with E-state index in [9.17, 15) is 4.79 Å². The number of hydrogen-bond acceptors (Lipinski definition) is 4. The van der Waals surface area contributed by atoms with E-state index >= 15 is 0 Å². The molecule has 4 heteroatoms. The van der Waals surface area contributed by atoms with Crippen molar-refractivity contribution in [1.82, 2.24) is 0 Å². The number of para-hydroxylation sites is 1. The van der Waals surface area contributed by atoms with Gasteiger partial charge < -0.3 is 14.2 Å². The third kappa shape index (κ3) is 3.70. The quantitative estimate of drug-likeness (QED) is 0.819. The molecule has 1 aliphatic heterocycles. The Bertz CT molecular complexity index is 436. The molecule has 0 radical (unpaired) electrons. The number of methoxy groups -OCH3 is 1. The van der Waals surface area contributed by atoms with Crippen LogP contribution >= 0.6 is 0 Å². The van der Waals surface area contributed by atoms with E-state index in [1.165, 1.54) is 0 Å². The van der Waals surface area contributed by atoms with Crippen molar-refractivity contribution in [2.45, 2.75) is 32.3 Å². The van der Waals surface area contributed by atoms with E-state index in [4.69, 9.17) is 14.2 Å². The van der Waals surface area contributed by atoms with Crippen molar-refractivity contribution in [1.29, 1.82) is 0 Å². The normalized spacial score (nSPS) is 16.1. The van der Waals surface area contributed by atoms with Gasteiger partial charge >= 0.3 is 0 Å². The van der Waals surface area contributed by atoms with E-state index in [0.29, 0.717) is 17.9 Å². The molecule has 0 bridgehead atoms. The van der Waals surface area contributed by atoms with E-state index in [2.05, 4.69) is 0 Å². The fourth-order valence-electron chi connectivity index (χ4n) is 2.27. The zero-order valence-corrected chi connectivity index (χ0v) is 11.5. The third-order valence-electron chi connectivity index (χ3n) is 3.17. The molecule has 0 saturated carbocycles. The van der Waals surface area contributed by atoms with Crippen LogP contribution in [-0.4, -0.2) is 32.2 Å². The summed E-state index contributed by atoms with van der Waals surface area (Å²) in [6, 6.07) is 5.68. The molecule has 1 fully saturated rings. The summed E-state index contributed by atoms with van der Waals surface area (Å²) in [4.78, 5) is 11.3. The smallest absolute Gasteiger partial charge is 0.164 e. The molecule has 0 atom stereocenters. The topological polar surface area (TPSA) is 44.8 Å². The highest BCUT2D eigenvalue weighted by Crippen LogP contribution is 2.33. The van der Waals surface area contributed by atoms with Crippen molar-refractivity contribution >= 4 is 5.78 Å². The second-order valence-electron chi connectivity index (χ2n) is 4.76. The number of carbonyl (C=O) groups excluding carboxylic acids is 1. The largest absolute Gasteiger partial charge is 0.493 e. The van der Waals surface area contributed by atoms with Crippen LogP contribution in [0.25, 0.3) is 0 Å². The molecule has 1 saturated heterocycles. The van der Waals surface area contributed by atoms with E-state index < -0.39 is 0 Å². The number of ketones is 1. The van der Waals surface area contributed by atoms with Gasteiger partial charge in [0.2, 0.25) is 0 Å². The van der Waals surface area contributed by atoms with Gasteiger partial charge in [-0.2, -0.15) is 0 Å². The maximum Gasteiger partial charge on any atom is 0.164 e. The highest BCUT2D eigenvalue weighted by atomic mass is 16.5. The lowest BCUT2D eigenvalue weighted by molar-refractivity contribution is -0.116. The molecular formula is C15H20O4. The Morgan fingerprint density at radius 1 is 1.37 bits per heavy atom. The standard InChI is InChI=1S/C15H20O4/c1-11(16)10-12-4-3-5-14(15(12)17-2)19-13-6-8-18-9-7-13/h3-5,13H,6-10H2,1-2H3. The zero-order valence-electron chi connectivity index (χ0n) is 11.5. The number of benzene rings is 1. The van der Waals surface area contributed by atoms with Gasteiger partial charge in [-0.1, -0.05) is 12.1 Å². The van der Waals surface area contributed by atoms with Crippen molar-refractivity contribution in [2.75, 3.05) is 20.3 Å². The third-order valence-corrected chi connectivity index (χ3v) is 3.17. The number of ether oxygens (including phenoxy) is 3. The average molecular weight is 264 g/mol. The molecule has 0 unspecified atom stereocenters. The number of rotatable bonds is 5. The minimum atomic E-state index is 0.113. The van der Waals surface area contributed by atoms with Crippen LogP contribution in [0.2, 0.25) is 0 Å². The molecule has 104 valence electrons. The van der Waals surface area contributed by atoms with Crippen LogP contribution in [0.15, 0.2) is 18.2 Å². The van der Waals surface area contributed by atoms with Crippen LogP contribution in [0.5, 0.6) is 11.5 Å². The Morgan fingerprint density at radius 3 is 2.74 bits per heavy atom. The van der Waals surface area contributed by atoms with Gasteiger partial charge in [0.25, 0.3) is 0 Å². The van der Waals surface area contributed by atoms with Crippen LogP contribution in [0.3, 0.4) is 0 Å².